The highest BCUT2D eigenvalue weighted by Crippen LogP contribution is 2.14. The van der Waals surface area contributed by atoms with Gasteiger partial charge in [0.1, 0.15) is 0 Å². The number of anilines is 1. The van der Waals surface area contributed by atoms with Crippen LogP contribution in [0, 0.1) is 0 Å². The van der Waals surface area contributed by atoms with E-state index in [0.717, 1.165) is 13.0 Å². The number of hydrogen-bond acceptors (Lipinski definition) is 6. The maximum absolute atomic E-state index is 5.76. The van der Waals surface area contributed by atoms with Gasteiger partial charge in [-0.1, -0.05) is 0 Å². The minimum absolute atomic E-state index is 0.125. The van der Waals surface area contributed by atoms with Crippen molar-refractivity contribution >= 4 is 17.5 Å². The van der Waals surface area contributed by atoms with Gasteiger partial charge in [0.25, 0.3) is 0 Å². The lowest BCUT2D eigenvalue weighted by Crippen LogP contribution is -2.21. The smallest absolute Gasteiger partial charge is 0.322 e. The monoisotopic (exact) mass is 244 g/mol. The summed E-state index contributed by atoms with van der Waals surface area (Å²) in [6.45, 7) is 3.77. The highest BCUT2D eigenvalue weighted by molar-refractivity contribution is 6.28. The zero-order valence-corrected chi connectivity index (χ0v) is 9.70. The first-order valence-corrected chi connectivity index (χ1v) is 5.54. The molecular formula is C9H13ClN4O2. The van der Waals surface area contributed by atoms with Crippen LogP contribution in [0.2, 0.25) is 5.28 Å². The highest BCUT2D eigenvalue weighted by atomic mass is 35.5. The van der Waals surface area contributed by atoms with E-state index in [1.54, 1.807) is 0 Å². The molecule has 1 aromatic heterocycles. The van der Waals surface area contributed by atoms with E-state index in [-0.39, 0.29) is 17.3 Å². The molecule has 1 N–H and O–H groups in total. The van der Waals surface area contributed by atoms with Crippen molar-refractivity contribution in [3.05, 3.63) is 5.28 Å². The second kappa shape index (κ2) is 5.27. The third-order valence-corrected chi connectivity index (χ3v) is 2.29. The van der Waals surface area contributed by atoms with Crippen LogP contribution in [-0.2, 0) is 4.74 Å². The lowest BCUT2D eigenvalue weighted by molar-refractivity contribution is 0.195. The fourth-order valence-electron chi connectivity index (χ4n) is 1.42. The van der Waals surface area contributed by atoms with Gasteiger partial charge in [0, 0.05) is 6.61 Å². The van der Waals surface area contributed by atoms with Crippen LogP contribution in [0.4, 0.5) is 5.95 Å². The van der Waals surface area contributed by atoms with Gasteiger partial charge in [0.15, 0.2) is 0 Å². The molecule has 16 heavy (non-hydrogen) atoms. The van der Waals surface area contributed by atoms with Crippen LogP contribution in [0.1, 0.15) is 13.3 Å². The average Bonchev–Trinajstić information content (AvgIpc) is 2.70. The minimum atomic E-state index is 0.125. The van der Waals surface area contributed by atoms with Crippen LogP contribution >= 0.6 is 11.6 Å². The molecule has 1 aliphatic rings. The van der Waals surface area contributed by atoms with Gasteiger partial charge in [-0.15, -0.1) is 0 Å². The van der Waals surface area contributed by atoms with E-state index in [1.807, 2.05) is 6.92 Å². The quantitative estimate of drug-likeness (QED) is 0.856. The number of ether oxygens (including phenoxy) is 2. The van der Waals surface area contributed by atoms with Crippen LogP contribution in [0.5, 0.6) is 6.01 Å². The van der Waals surface area contributed by atoms with Gasteiger partial charge < -0.3 is 14.8 Å². The Morgan fingerprint density at radius 1 is 1.50 bits per heavy atom. The number of rotatable bonds is 4. The molecule has 6 nitrogen and oxygen atoms in total. The largest absolute Gasteiger partial charge is 0.464 e. The molecule has 1 fully saturated rings. The zero-order chi connectivity index (χ0) is 11.4. The molecule has 7 heteroatoms. The lowest BCUT2D eigenvalue weighted by atomic mass is 10.3. The molecule has 0 aliphatic carbocycles. The molecule has 1 unspecified atom stereocenters. The second-order valence-corrected chi connectivity index (χ2v) is 3.69. The van der Waals surface area contributed by atoms with Crippen LogP contribution in [0.25, 0.3) is 0 Å². The second-order valence-electron chi connectivity index (χ2n) is 3.35. The lowest BCUT2D eigenvalue weighted by Gasteiger charge is -2.10. The average molecular weight is 245 g/mol. The van der Waals surface area contributed by atoms with Crippen molar-refractivity contribution in [2.45, 2.75) is 19.4 Å². The first-order valence-electron chi connectivity index (χ1n) is 5.16. The molecule has 1 aliphatic heterocycles. The van der Waals surface area contributed by atoms with Crippen LogP contribution in [-0.4, -0.2) is 40.8 Å². The topological polar surface area (TPSA) is 69.2 Å². The summed E-state index contributed by atoms with van der Waals surface area (Å²) in [6.07, 6.45) is 0.938. The molecular weight excluding hydrogens is 232 g/mol. The van der Waals surface area contributed by atoms with Crippen molar-refractivity contribution in [3.63, 3.8) is 0 Å². The summed E-state index contributed by atoms with van der Waals surface area (Å²) in [6, 6.07) is 0.469. The van der Waals surface area contributed by atoms with Crippen molar-refractivity contribution in [2.24, 2.45) is 0 Å². The number of hydrogen-bond donors (Lipinski definition) is 1. The predicted molar refractivity (Wildman–Crippen MR) is 58.9 cm³/mol. The molecule has 88 valence electrons. The SMILES string of the molecule is CCOc1nc(Cl)nc(NC2CCOC2)n1. The number of nitrogens with zero attached hydrogens (tertiary/aromatic N) is 3. The van der Waals surface area contributed by atoms with Crippen molar-refractivity contribution < 1.29 is 9.47 Å². The van der Waals surface area contributed by atoms with Crippen LogP contribution < -0.4 is 10.1 Å². The van der Waals surface area contributed by atoms with Crippen molar-refractivity contribution in [2.75, 3.05) is 25.1 Å². The summed E-state index contributed by atoms with van der Waals surface area (Å²) in [7, 11) is 0. The molecule has 1 aromatic rings. The van der Waals surface area contributed by atoms with E-state index >= 15 is 0 Å². The summed E-state index contributed by atoms with van der Waals surface area (Å²) in [5.41, 5.74) is 0. The molecule has 2 heterocycles. The predicted octanol–water partition coefficient (Wildman–Crippen LogP) is 1.12. The fourth-order valence-corrected chi connectivity index (χ4v) is 1.57. The third kappa shape index (κ3) is 2.93. The Balaban J connectivity index is 2.06. The normalized spacial score (nSPS) is 19.8. The van der Waals surface area contributed by atoms with Gasteiger partial charge in [-0.2, -0.15) is 15.0 Å². The van der Waals surface area contributed by atoms with Gasteiger partial charge in [-0.3, -0.25) is 0 Å². The molecule has 0 amide bonds. The summed E-state index contributed by atoms with van der Waals surface area (Å²) < 4.78 is 10.4. The molecule has 2 rings (SSSR count). The van der Waals surface area contributed by atoms with E-state index in [0.29, 0.717) is 19.2 Å². The molecule has 1 atom stereocenters. The minimum Gasteiger partial charge on any atom is -0.464 e. The van der Waals surface area contributed by atoms with Gasteiger partial charge >= 0.3 is 6.01 Å². The Bertz CT molecular complexity index is 357. The standard InChI is InChI=1S/C9H13ClN4O2/c1-2-16-9-13-7(10)12-8(14-9)11-6-3-4-15-5-6/h6H,2-5H2,1H3,(H,11,12,13,14). The van der Waals surface area contributed by atoms with E-state index in [4.69, 9.17) is 21.1 Å². The number of aromatic nitrogens is 3. The summed E-state index contributed by atoms with van der Waals surface area (Å²) in [5.74, 6) is 0.430. The molecule has 0 saturated carbocycles. The van der Waals surface area contributed by atoms with E-state index in [2.05, 4.69) is 20.3 Å². The maximum Gasteiger partial charge on any atom is 0.322 e. The molecule has 0 radical (unpaired) electrons. The summed E-state index contributed by atoms with van der Waals surface area (Å²) in [5, 5.41) is 3.25. The maximum atomic E-state index is 5.76. The van der Waals surface area contributed by atoms with Crippen LogP contribution in [0.15, 0.2) is 0 Å². The van der Waals surface area contributed by atoms with E-state index < -0.39 is 0 Å². The Hall–Kier alpha value is -1.14. The number of nitrogens with one attached hydrogen (secondary N) is 1. The van der Waals surface area contributed by atoms with Crippen molar-refractivity contribution in [3.8, 4) is 6.01 Å². The van der Waals surface area contributed by atoms with Gasteiger partial charge in [-0.05, 0) is 24.9 Å². The summed E-state index contributed by atoms with van der Waals surface area (Å²) >= 11 is 5.76. The summed E-state index contributed by atoms with van der Waals surface area (Å²) in [4.78, 5) is 11.9. The Kier molecular flexibility index (Phi) is 3.74. The molecule has 0 aromatic carbocycles. The van der Waals surface area contributed by atoms with Crippen molar-refractivity contribution in [1.82, 2.24) is 15.0 Å². The van der Waals surface area contributed by atoms with Gasteiger partial charge in [-0.25, -0.2) is 0 Å². The Morgan fingerprint density at radius 3 is 3.06 bits per heavy atom. The van der Waals surface area contributed by atoms with E-state index in [9.17, 15) is 0 Å². The molecule has 1 saturated heterocycles. The first-order chi connectivity index (χ1) is 7.78. The Labute approximate surface area is 98.4 Å². The van der Waals surface area contributed by atoms with Gasteiger partial charge in [0.2, 0.25) is 11.2 Å². The Morgan fingerprint density at radius 2 is 2.38 bits per heavy atom. The van der Waals surface area contributed by atoms with Crippen LogP contribution in [0.3, 0.4) is 0 Å². The highest BCUT2D eigenvalue weighted by Gasteiger charge is 2.17. The zero-order valence-electron chi connectivity index (χ0n) is 8.94. The fraction of sp³-hybridized carbons (Fsp3) is 0.667. The molecule has 0 spiro atoms. The van der Waals surface area contributed by atoms with Gasteiger partial charge in [0.05, 0.1) is 19.3 Å². The third-order valence-electron chi connectivity index (χ3n) is 2.12. The molecule has 0 bridgehead atoms. The number of halogens is 1. The van der Waals surface area contributed by atoms with Crippen molar-refractivity contribution in [1.29, 1.82) is 0 Å². The first kappa shape index (κ1) is 11.3. The van der Waals surface area contributed by atoms with E-state index in [1.165, 1.54) is 0 Å².